The van der Waals surface area contributed by atoms with Crippen molar-refractivity contribution in [1.82, 2.24) is 0 Å². The van der Waals surface area contributed by atoms with Gasteiger partial charge in [-0.25, -0.2) is 8.78 Å². The van der Waals surface area contributed by atoms with E-state index in [1.807, 2.05) is 0 Å². The summed E-state index contributed by atoms with van der Waals surface area (Å²) in [5.41, 5.74) is 6.61. The fraction of sp³-hybridized carbons (Fsp3) is 0.294. The van der Waals surface area contributed by atoms with Crippen LogP contribution in [0.1, 0.15) is 17.2 Å². The summed E-state index contributed by atoms with van der Waals surface area (Å²) in [6.07, 6.45) is -4.31. The van der Waals surface area contributed by atoms with Gasteiger partial charge in [0.2, 0.25) is 0 Å². The first-order chi connectivity index (χ1) is 11.7. The second-order valence-electron chi connectivity index (χ2n) is 5.51. The van der Waals surface area contributed by atoms with E-state index in [-0.39, 0.29) is 17.8 Å². The molecule has 2 rings (SSSR count). The smallest absolute Gasteiger partial charge is 0.381 e. The summed E-state index contributed by atoms with van der Waals surface area (Å²) in [6, 6.07) is 7.71. The third-order valence-corrected chi connectivity index (χ3v) is 4.70. The van der Waals surface area contributed by atoms with Gasteiger partial charge in [0, 0.05) is 23.0 Å². The summed E-state index contributed by atoms with van der Waals surface area (Å²) in [5.74, 6) is -2.13. The lowest BCUT2D eigenvalue weighted by Gasteiger charge is -2.17. The Bertz CT molecular complexity index is 733. The summed E-state index contributed by atoms with van der Waals surface area (Å²) in [6.45, 7) is 1.57. The van der Waals surface area contributed by atoms with E-state index in [0.29, 0.717) is 22.2 Å². The molecule has 2 nitrogen and oxygen atoms in total. The highest BCUT2D eigenvalue weighted by Crippen LogP contribution is 2.32. The van der Waals surface area contributed by atoms with Gasteiger partial charge in [0.05, 0.1) is 11.4 Å². The highest BCUT2D eigenvalue weighted by atomic mass is 32.2. The zero-order valence-corrected chi connectivity index (χ0v) is 14.1. The summed E-state index contributed by atoms with van der Waals surface area (Å²) < 4.78 is 64.8. The van der Waals surface area contributed by atoms with Gasteiger partial charge >= 0.3 is 6.18 Å². The number of hydrogen-bond acceptors (Lipinski definition) is 3. The molecule has 0 aliphatic carbocycles. The lowest BCUT2D eigenvalue weighted by molar-refractivity contribution is -0.105. The van der Waals surface area contributed by atoms with Crippen LogP contribution < -0.4 is 11.1 Å². The molecule has 0 fully saturated rings. The summed E-state index contributed by atoms with van der Waals surface area (Å²) >= 11 is 0.587. The van der Waals surface area contributed by atoms with Gasteiger partial charge in [-0.15, -0.1) is 11.8 Å². The number of benzene rings is 2. The third-order valence-electron chi connectivity index (χ3n) is 3.47. The minimum Gasteiger partial charge on any atom is -0.381 e. The standard InChI is InChI=1S/C17H17F5N2S/c1-10-6-13(19)15(7-16(10)25-9-17(20,21)22)24-8-14(23)11-4-2-3-5-12(11)18/h2-7,14,24H,8-9,23H2,1H3. The third kappa shape index (κ3) is 5.61. The van der Waals surface area contributed by atoms with Crippen molar-refractivity contribution in [3.8, 4) is 0 Å². The molecular weight excluding hydrogens is 359 g/mol. The van der Waals surface area contributed by atoms with Gasteiger partial charge in [0.1, 0.15) is 11.6 Å². The van der Waals surface area contributed by atoms with E-state index in [9.17, 15) is 22.0 Å². The SMILES string of the molecule is Cc1cc(F)c(NCC(N)c2ccccc2F)cc1SCC(F)(F)F. The molecule has 1 atom stereocenters. The monoisotopic (exact) mass is 376 g/mol. The molecule has 136 valence electrons. The van der Waals surface area contributed by atoms with Crippen molar-refractivity contribution in [3.63, 3.8) is 0 Å². The van der Waals surface area contributed by atoms with Gasteiger partial charge in [0.25, 0.3) is 0 Å². The predicted molar refractivity (Wildman–Crippen MR) is 89.7 cm³/mol. The first kappa shape index (κ1) is 19.5. The van der Waals surface area contributed by atoms with Crippen molar-refractivity contribution in [3.05, 3.63) is 59.2 Å². The Balaban J connectivity index is 2.10. The summed E-state index contributed by atoms with van der Waals surface area (Å²) in [7, 11) is 0. The molecule has 1 unspecified atom stereocenters. The van der Waals surface area contributed by atoms with Crippen molar-refractivity contribution in [1.29, 1.82) is 0 Å². The van der Waals surface area contributed by atoms with Crippen LogP contribution in [0.4, 0.5) is 27.6 Å². The Morgan fingerprint density at radius 2 is 1.80 bits per heavy atom. The normalized spacial score (nSPS) is 12.9. The van der Waals surface area contributed by atoms with Crippen molar-refractivity contribution in [2.75, 3.05) is 17.6 Å². The molecule has 0 saturated heterocycles. The van der Waals surface area contributed by atoms with E-state index in [2.05, 4.69) is 5.32 Å². The van der Waals surface area contributed by atoms with Crippen molar-refractivity contribution >= 4 is 17.4 Å². The molecule has 8 heteroatoms. The number of aryl methyl sites for hydroxylation is 1. The van der Waals surface area contributed by atoms with Gasteiger partial charge < -0.3 is 11.1 Å². The molecule has 0 bridgehead atoms. The molecule has 2 aromatic carbocycles. The average Bonchev–Trinajstić information content (AvgIpc) is 2.52. The zero-order chi connectivity index (χ0) is 18.6. The average molecular weight is 376 g/mol. The maximum Gasteiger partial charge on any atom is 0.398 e. The second-order valence-corrected chi connectivity index (χ2v) is 6.53. The van der Waals surface area contributed by atoms with Crippen molar-refractivity contribution < 1.29 is 22.0 Å². The summed E-state index contributed by atoms with van der Waals surface area (Å²) in [4.78, 5) is 0.320. The van der Waals surface area contributed by atoms with Gasteiger partial charge in [-0.3, -0.25) is 0 Å². The van der Waals surface area contributed by atoms with Crippen LogP contribution in [0.5, 0.6) is 0 Å². The van der Waals surface area contributed by atoms with Crippen LogP contribution >= 0.6 is 11.8 Å². The highest BCUT2D eigenvalue weighted by molar-refractivity contribution is 7.99. The number of nitrogens with two attached hydrogens (primary N) is 1. The van der Waals surface area contributed by atoms with E-state index in [1.54, 1.807) is 6.07 Å². The Morgan fingerprint density at radius 3 is 2.44 bits per heavy atom. The van der Waals surface area contributed by atoms with Crippen LogP contribution in [-0.2, 0) is 0 Å². The number of halogens is 5. The Kier molecular flexibility index (Phi) is 6.29. The van der Waals surface area contributed by atoms with Crippen molar-refractivity contribution in [2.24, 2.45) is 5.73 Å². The van der Waals surface area contributed by atoms with E-state index in [1.165, 1.54) is 31.2 Å². The maximum absolute atomic E-state index is 14.0. The molecule has 0 aliphatic heterocycles. The highest BCUT2D eigenvalue weighted by Gasteiger charge is 2.27. The second kappa shape index (κ2) is 8.05. The van der Waals surface area contributed by atoms with E-state index >= 15 is 0 Å². The van der Waals surface area contributed by atoms with Crippen LogP contribution in [-0.4, -0.2) is 18.5 Å². The Hall–Kier alpha value is -1.80. The number of anilines is 1. The molecule has 0 aromatic heterocycles. The minimum absolute atomic E-state index is 0.0297. The molecule has 25 heavy (non-hydrogen) atoms. The van der Waals surface area contributed by atoms with Crippen LogP contribution in [0.2, 0.25) is 0 Å². The Morgan fingerprint density at radius 1 is 1.12 bits per heavy atom. The lowest BCUT2D eigenvalue weighted by atomic mass is 10.1. The molecule has 2 aromatic rings. The van der Waals surface area contributed by atoms with Gasteiger partial charge in [-0.1, -0.05) is 18.2 Å². The molecule has 3 N–H and O–H groups in total. The molecule has 0 radical (unpaired) electrons. The lowest BCUT2D eigenvalue weighted by Crippen LogP contribution is -2.22. The molecule has 0 heterocycles. The minimum atomic E-state index is -4.31. The Labute approximate surface area is 146 Å². The summed E-state index contributed by atoms with van der Waals surface area (Å²) in [5, 5.41) is 2.74. The fourth-order valence-corrected chi connectivity index (χ4v) is 3.02. The molecule has 0 saturated carbocycles. The topological polar surface area (TPSA) is 38.0 Å². The maximum atomic E-state index is 14.0. The number of thioether (sulfide) groups is 1. The van der Waals surface area contributed by atoms with Crippen LogP contribution in [0.25, 0.3) is 0 Å². The molecular formula is C17H17F5N2S. The predicted octanol–water partition coefficient (Wildman–Crippen LogP) is 5.04. The van der Waals surface area contributed by atoms with Gasteiger partial charge in [-0.05, 0) is 30.7 Å². The number of alkyl halides is 3. The van der Waals surface area contributed by atoms with Crippen molar-refractivity contribution in [2.45, 2.75) is 24.0 Å². The van der Waals surface area contributed by atoms with E-state index in [4.69, 9.17) is 5.73 Å². The van der Waals surface area contributed by atoms with Gasteiger partial charge in [-0.2, -0.15) is 13.2 Å². The van der Waals surface area contributed by atoms with E-state index < -0.39 is 29.6 Å². The molecule has 0 spiro atoms. The number of nitrogens with one attached hydrogen (secondary N) is 1. The molecule has 0 amide bonds. The molecule has 0 aliphatic rings. The number of rotatable bonds is 6. The van der Waals surface area contributed by atoms with Crippen LogP contribution in [0.3, 0.4) is 0 Å². The zero-order valence-electron chi connectivity index (χ0n) is 13.3. The quantitative estimate of drug-likeness (QED) is 0.548. The fourth-order valence-electron chi connectivity index (χ4n) is 2.21. The largest absolute Gasteiger partial charge is 0.398 e. The number of hydrogen-bond donors (Lipinski definition) is 2. The van der Waals surface area contributed by atoms with E-state index in [0.717, 1.165) is 6.07 Å². The first-order valence-corrected chi connectivity index (χ1v) is 8.39. The first-order valence-electron chi connectivity index (χ1n) is 7.41. The van der Waals surface area contributed by atoms with Gasteiger partial charge in [0.15, 0.2) is 0 Å². The van der Waals surface area contributed by atoms with Crippen LogP contribution in [0, 0.1) is 18.6 Å². The van der Waals surface area contributed by atoms with Crippen LogP contribution in [0.15, 0.2) is 41.3 Å².